The molecule has 7 nitrogen and oxygen atoms in total. The summed E-state index contributed by atoms with van der Waals surface area (Å²) in [5, 5.41) is 19.2. The zero-order valence-electron chi connectivity index (χ0n) is 13.3. The van der Waals surface area contributed by atoms with Gasteiger partial charge >= 0.3 is 5.97 Å². The van der Waals surface area contributed by atoms with Gasteiger partial charge in [0.2, 0.25) is 0 Å². The van der Waals surface area contributed by atoms with Gasteiger partial charge in [-0.15, -0.1) is 5.10 Å². The van der Waals surface area contributed by atoms with Gasteiger partial charge in [-0.3, -0.25) is 9.59 Å². The fourth-order valence-corrected chi connectivity index (χ4v) is 2.04. The largest absolute Gasteiger partial charge is 0.481 e. The lowest BCUT2D eigenvalue weighted by Crippen LogP contribution is -2.39. The molecular weight excluding hydrogens is 339 g/mol. The minimum absolute atomic E-state index is 0.0524. The third kappa shape index (κ3) is 3.53. The Morgan fingerprint density at radius 2 is 2.08 bits per heavy atom. The van der Waals surface area contributed by atoms with Gasteiger partial charge in [0.25, 0.3) is 5.91 Å². The van der Waals surface area contributed by atoms with Crippen LogP contribution in [0.25, 0.3) is 5.69 Å². The van der Waals surface area contributed by atoms with E-state index in [0.29, 0.717) is 11.4 Å². The van der Waals surface area contributed by atoms with E-state index in [2.05, 4.69) is 15.6 Å². The van der Waals surface area contributed by atoms with Crippen LogP contribution < -0.4 is 5.32 Å². The highest BCUT2D eigenvalue weighted by molar-refractivity contribution is 6.30. The normalized spacial score (nSPS) is 11.4. The molecule has 2 rings (SSSR count). The average Bonchev–Trinajstić information content (AvgIpc) is 2.89. The Morgan fingerprint density at radius 3 is 2.67 bits per heavy atom. The quantitative estimate of drug-likeness (QED) is 0.858. The highest BCUT2D eigenvalue weighted by Crippen LogP contribution is 2.20. The first-order chi connectivity index (χ1) is 11.1. The van der Waals surface area contributed by atoms with Crippen LogP contribution >= 0.6 is 11.6 Å². The van der Waals surface area contributed by atoms with Crippen molar-refractivity contribution in [3.63, 3.8) is 0 Å². The summed E-state index contributed by atoms with van der Waals surface area (Å²) in [5.74, 6) is -2.13. The second-order valence-electron chi connectivity index (χ2n) is 5.91. The summed E-state index contributed by atoms with van der Waals surface area (Å²) >= 11 is 5.74. The van der Waals surface area contributed by atoms with Gasteiger partial charge < -0.3 is 10.4 Å². The maximum Gasteiger partial charge on any atom is 0.310 e. The van der Waals surface area contributed by atoms with Gasteiger partial charge in [-0.05, 0) is 39.0 Å². The fraction of sp³-hybridized carbons (Fsp3) is 0.333. The Morgan fingerprint density at radius 1 is 1.42 bits per heavy atom. The van der Waals surface area contributed by atoms with E-state index in [-0.39, 0.29) is 17.3 Å². The molecule has 0 radical (unpaired) electrons. The molecule has 0 fully saturated rings. The first-order valence-corrected chi connectivity index (χ1v) is 7.40. The van der Waals surface area contributed by atoms with Crippen LogP contribution in [-0.4, -0.2) is 38.5 Å². The molecule has 128 valence electrons. The van der Waals surface area contributed by atoms with Gasteiger partial charge in [0, 0.05) is 6.54 Å². The van der Waals surface area contributed by atoms with Crippen LogP contribution in [0.1, 0.15) is 30.0 Å². The van der Waals surface area contributed by atoms with Gasteiger partial charge in [-0.1, -0.05) is 16.8 Å². The average molecular weight is 355 g/mol. The summed E-state index contributed by atoms with van der Waals surface area (Å²) in [6, 6.07) is 4.01. The van der Waals surface area contributed by atoms with Crippen LogP contribution in [0.2, 0.25) is 5.02 Å². The van der Waals surface area contributed by atoms with E-state index in [1.165, 1.54) is 36.7 Å². The zero-order chi connectivity index (χ0) is 18.1. The number of carbonyl (C=O) groups excluding carboxylic acids is 1. The maximum atomic E-state index is 13.2. The van der Waals surface area contributed by atoms with Crippen LogP contribution in [0, 0.1) is 18.2 Å². The first kappa shape index (κ1) is 17.9. The molecule has 1 aromatic heterocycles. The molecule has 1 heterocycles. The summed E-state index contributed by atoms with van der Waals surface area (Å²) in [6.45, 7) is 4.56. The van der Waals surface area contributed by atoms with Crippen molar-refractivity contribution in [3.05, 3.63) is 40.4 Å². The lowest BCUT2D eigenvalue weighted by Gasteiger charge is -2.19. The summed E-state index contributed by atoms with van der Waals surface area (Å²) in [6.07, 6.45) is 0. The third-order valence-corrected chi connectivity index (χ3v) is 3.82. The number of carboxylic acids is 1. The molecule has 2 N–H and O–H groups in total. The molecule has 9 heteroatoms. The topological polar surface area (TPSA) is 97.1 Å². The number of rotatable bonds is 5. The van der Waals surface area contributed by atoms with E-state index in [4.69, 9.17) is 16.7 Å². The number of amides is 1. The molecule has 0 saturated heterocycles. The lowest BCUT2D eigenvalue weighted by atomic mass is 9.94. The predicted octanol–water partition coefficient (Wildman–Crippen LogP) is 2.21. The van der Waals surface area contributed by atoms with E-state index in [9.17, 15) is 14.0 Å². The molecule has 0 spiro atoms. The van der Waals surface area contributed by atoms with Crippen molar-refractivity contribution in [2.24, 2.45) is 5.41 Å². The highest BCUT2D eigenvalue weighted by Gasteiger charge is 2.28. The van der Waals surface area contributed by atoms with Gasteiger partial charge in [0.1, 0.15) is 5.82 Å². The molecule has 24 heavy (non-hydrogen) atoms. The van der Waals surface area contributed by atoms with Crippen LogP contribution in [0.15, 0.2) is 18.2 Å². The fourth-order valence-electron chi connectivity index (χ4n) is 1.86. The maximum absolute atomic E-state index is 13.2. The number of nitrogens with one attached hydrogen (secondary N) is 1. The molecule has 0 aliphatic heterocycles. The van der Waals surface area contributed by atoms with E-state index < -0.39 is 23.1 Å². The van der Waals surface area contributed by atoms with Crippen molar-refractivity contribution in [3.8, 4) is 5.69 Å². The number of halogens is 2. The molecule has 0 aliphatic carbocycles. The SMILES string of the molecule is Cc1c(C(=O)NCC(C)(C)C(=O)O)nnn1-c1ccc(F)c(Cl)c1. The van der Waals surface area contributed by atoms with Crippen LogP contribution in [0.5, 0.6) is 0 Å². The first-order valence-electron chi connectivity index (χ1n) is 7.03. The van der Waals surface area contributed by atoms with Crippen molar-refractivity contribution in [1.82, 2.24) is 20.3 Å². The lowest BCUT2D eigenvalue weighted by molar-refractivity contribution is -0.146. The number of aromatic nitrogens is 3. The smallest absolute Gasteiger partial charge is 0.310 e. The Kier molecular flexibility index (Phi) is 4.88. The number of hydrogen-bond acceptors (Lipinski definition) is 4. The van der Waals surface area contributed by atoms with Crippen molar-refractivity contribution in [2.45, 2.75) is 20.8 Å². The van der Waals surface area contributed by atoms with E-state index in [1.807, 2.05) is 0 Å². The molecule has 0 unspecified atom stereocenters. The van der Waals surface area contributed by atoms with Crippen molar-refractivity contribution in [1.29, 1.82) is 0 Å². The predicted molar refractivity (Wildman–Crippen MR) is 84.8 cm³/mol. The number of carboxylic acid groups (broad SMARTS) is 1. The molecule has 0 atom stereocenters. The minimum Gasteiger partial charge on any atom is -0.481 e. The molecule has 1 aromatic carbocycles. The number of hydrogen-bond donors (Lipinski definition) is 2. The van der Waals surface area contributed by atoms with Gasteiger partial charge in [-0.25, -0.2) is 9.07 Å². The second kappa shape index (κ2) is 6.56. The standard InChI is InChI=1S/C15H16ClFN4O3/c1-8-12(13(22)18-7-15(2,3)14(23)24)19-20-21(8)9-4-5-11(17)10(16)6-9/h4-6H,7H2,1-3H3,(H,18,22)(H,23,24). The van der Waals surface area contributed by atoms with Crippen LogP contribution in [-0.2, 0) is 4.79 Å². The highest BCUT2D eigenvalue weighted by atomic mass is 35.5. The number of carbonyl (C=O) groups is 2. The minimum atomic E-state index is -1.11. The molecule has 0 saturated carbocycles. The zero-order valence-corrected chi connectivity index (χ0v) is 14.1. The second-order valence-corrected chi connectivity index (χ2v) is 6.31. The molecule has 0 bridgehead atoms. The van der Waals surface area contributed by atoms with Gasteiger partial charge in [0.15, 0.2) is 5.69 Å². The van der Waals surface area contributed by atoms with Gasteiger partial charge in [-0.2, -0.15) is 0 Å². The van der Waals surface area contributed by atoms with E-state index in [0.717, 1.165) is 0 Å². The molecule has 0 aliphatic rings. The van der Waals surface area contributed by atoms with Crippen molar-refractivity contribution in [2.75, 3.05) is 6.54 Å². The van der Waals surface area contributed by atoms with Crippen LogP contribution in [0.4, 0.5) is 4.39 Å². The summed E-state index contributed by atoms with van der Waals surface area (Å²) in [5.41, 5.74) is -0.180. The number of benzene rings is 1. The monoisotopic (exact) mass is 354 g/mol. The molecular formula is C15H16ClFN4O3. The third-order valence-electron chi connectivity index (χ3n) is 3.53. The van der Waals surface area contributed by atoms with E-state index in [1.54, 1.807) is 6.92 Å². The Hall–Kier alpha value is -2.48. The summed E-state index contributed by atoms with van der Waals surface area (Å²) in [4.78, 5) is 23.3. The van der Waals surface area contributed by atoms with Crippen molar-refractivity contribution >= 4 is 23.5 Å². The van der Waals surface area contributed by atoms with Crippen molar-refractivity contribution < 1.29 is 19.1 Å². The number of aliphatic carboxylic acids is 1. The molecule has 1 amide bonds. The Labute approximate surface area is 142 Å². The van der Waals surface area contributed by atoms with Gasteiger partial charge in [0.05, 0.1) is 21.8 Å². The summed E-state index contributed by atoms with van der Waals surface area (Å²) in [7, 11) is 0. The Balaban J connectivity index is 2.21. The summed E-state index contributed by atoms with van der Waals surface area (Å²) < 4.78 is 14.6. The number of nitrogens with zero attached hydrogens (tertiary/aromatic N) is 3. The molecule has 2 aromatic rings. The van der Waals surface area contributed by atoms with E-state index >= 15 is 0 Å². The Bertz CT molecular complexity index is 804. The van der Waals surface area contributed by atoms with Crippen LogP contribution in [0.3, 0.4) is 0 Å².